The summed E-state index contributed by atoms with van der Waals surface area (Å²) >= 11 is 1.18. The number of para-hydroxylation sites is 1. The fourth-order valence-corrected chi connectivity index (χ4v) is 2.88. The molecule has 0 atom stereocenters. The largest absolute Gasteiger partial charge is 0.325 e. The van der Waals surface area contributed by atoms with E-state index in [1.165, 1.54) is 30.6 Å². The molecule has 1 aliphatic carbocycles. The van der Waals surface area contributed by atoms with Gasteiger partial charge in [-0.3, -0.25) is 9.98 Å². The molecule has 0 radical (unpaired) electrons. The molecule has 0 amide bonds. The summed E-state index contributed by atoms with van der Waals surface area (Å²) in [6, 6.07) is 7.99. The summed E-state index contributed by atoms with van der Waals surface area (Å²) in [7, 11) is 3.41. The topological polar surface area (TPSA) is 58.0 Å². The number of hydrogen-bond donors (Lipinski definition) is 2. The molecule has 2 N–H and O–H groups in total. The second-order valence-corrected chi connectivity index (χ2v) is 7.08. The first-order chi connectivity index (χ1) is 15.1. The van der Waals surface area contributed by atoms with E-state index in [9.17, 15) is 0 Å². The summed E-state index contributed by atoms with van der Waals surface area (Å²) in [5, 5.41) is 3.38. The first-order valence-electron chi connectivity index (χ1n) is 10.9. The average molecular weight is 445 g/mol. The van der Waals surface area contributed by atoms with Gasteiger partial charge in [0.25, 0.3) is 0 Å². The fraction of sp³-hybridized carbons (Fsp3) is 0.440. The van der Waals surface area contributed by atoms with E-state index >= 15 is 0 Å². The zero-order chi connectivity index (χ0) is 23.5. The number of anilines is 1. The second-order valence-electron chi connectivity index (χ2n) is 6.38. The van der Waals surface area contributed by atoms with Crippen LogP contribution in [0.25, 0.3) is 0 Å². The average Bonchev–Trinajstić information content (AvgIpc) is 3.64. The Balaban J connectivity index is 0.00000113. The molecule has 1 fully saturated rings. The van der Waals surface area contributed by atoms with Crippen LogP contribution < -0.4 is 10.0 Å². The zero-order valence-electron chi connectivity index (χ0n) is 20.2. The highest BCUT2D eigenvalue weighted by Crippen LogP contribution is 2.35. The Morgan fingerprint density at radius 1 is 1.29 bits per heavy atom. The fourth-order valence-electron chi connectivity index (χ4n) is 2.53. The van der Waals surface area contributed by atoms with Crippen molar-refractivity contribution in [2.45, 2.75) is 47.5 Å². The Bertz CT molecular complexity index is 750. The Morgan fingerprint density at radius 2 is 1.97 bits per heavy atom. The Labute approximate surface area is 194 Å². The number of aliphatic imine (C=N–C) groups is 2. The summed E-state index contributed by atoms with van der Waals surface area (Å²) in [6.07, 6.45) is 10.3. The molecule has 0 spiro atoms. The van der Waals surface area contributed by atoms with Gasteiger partial charge >= 0.3 is 0 Å². The molecule has 1 aliphatic rings. The van der Waals surface area contributed by atoms with Crippen LogP contribution in [-0.2, 0) is 4.18 Å². The first-order valence-corrected chi connectivity index (χ1v) is 11.6. The highest BCUT2D eigenvalue weighted by atomic mass is 32.2. The predicted octanol–water partition coefficient (Wildman–Crippen LogP) is 6.82. The van der Waals surface area contributed by atoms with Crippen molar-refractivity contribution < 1.29 is 4.18 Å². The molecule has 1 saturated carbocycles. The van der Waals surface area contributed by atoms with Crippen LogP contribution in [0.1, 0.15) is 53.0 Å². The van der Waals surface area contributed by atoms with Gasteiger partial charge in [0.15, 0.2) is 0 Å². The molecule has 0 saturated heterocycles. The number of benzene rings is 1. The highest BCUT2D eigenvalue weighted by Gasteiger charge is 2.23. The monoisotopic (exact) mass is 444 g/mol. The van der Waals surface area contributed by atoms with E-state index in [0.29, 0.717) is 0 Å². The van der Waals surface area contributed by atoms with E-state index in [1.807, 2.05) is 64.1 Å². The van der Waals surface area contributed by atoms with Crippen LogP contribution in [0.3, 0.4) is 0 Å². The van der Waals surface area contributed by atoms with Crippen LogP contribution in [0.2, 0.25) is 0 Å². The second kappa shape index (κ2) is 18.5. The number of hydrogen-bond acceptors (Lipinski definition) is 5. The van der Waals surface area contributed by atoms with E-state index < -0.39 is 0 Å². The van der Waals surface area contributed by atoms with Gasteiger partial charge in [-0.05, 0) is 57.7 Å². The molecule has 1 aromatic rings. The van der Waals surface area contributed by atoms with Crippen molar-refractivity contribution >= 4 is 29.6 Å². The molecule has 0 aliphatic heterocycles. The van der Waals surface area contributed by atoms with E-state index in [2.05, 4.69) is 39.6 Å². The van der Waals surface area contributed by atoms with Crippen LogP contribution in [0.15, 0.2) is 70.7 Å². The number of allylic oxidation sites excluding steroid dienone is 4. The molecule has 2 rings (SSSR count). The molecule has 0 bridgehead atoms. The van der Waals surface area contributed by atoms with E-state index in [0.717, 1.165) is 35.4 Å². The maximum atomic E-state index is 5.03. The van der Waals surface area contributed by atoms with Gasteiger partial charge in [0.2, 0.25) is 0 Å². The van der Waals surface area contributed by atoms with Crippen molar-refractivity contribution in [1.29, 1.82) is 0 Å². The smallest absolute Gasteiger partial charge is 0.135 e. The Morgan fingerprint density at radius 3 is 2.45 bits per heavy atom. The lowest BCUT2D eigenvalue weighted by atomic mass is 10.1. The summed E-state index contributed by atoms with van der Waals surface area (Å²) < 4.78 is 8.20. The van der Waals surface area contributed by atoms with Gasteiger partial charge in [0, 0.05) is 19.2 Å². The Hall–Kier alpha value is -2.31. The minimum atomic E-state index is 0.725. The van der Waals surface area contributed by atoms with Crippen molar-refractivity contribution in [2.24, 2.45) is 15.9 Å². The standard InChI is InChI=1S/C18H26N4OS.C5H8.C2H6/c1-5-20-17(12-13(2)14-10-11-14)21-18(19-3)15-8-6-7-9-16(15)22-24-23-4;1-3-5-4-2;1-2/h6-9,12,14,22H,5,10-11H2,1-4H3,(H,19,20,21);3-5H,1H2,2H3;1-2H3/b13-12+;5-4-;. The molecular weight excluding hydrogens is 404 g/mol. The van der Waals surface area contributed by atoms with Crippen molar-refractivity contribution in [3.8, 4) is 0 Å². The molecule has 0 unspecified atom stereocenters. The summed E-state index contributed by atoms with van der Waals surface area (Å²) in [6.45, 7) is 14.4. The quantitative estimate of drug-likeness (QED) is 0.152. The predicted molar refractivity (Wildman–Crippen MR) is 141 cm³/mol. The molecule has 6 heteroatoms. The van der Waals surface area contributed by atoms with Crippen molar-refractivity contribution in [3.63, 3.8) is 0 Å². The third-order valence-electron chi connectivity index (χ3n) is 4.13. The summed E-state index contributed by atoms with van der Waals surface area (Å²) in [4.78, 5) is 9.00. The lowest BCUT2D eigenvalue weighted by Crippen LogP contribution is -2.31. The van der Waals surface area contributed by atoms with Gasteiger partial charge < -0.3 is 14.2 Å². The lowest BCUT2D eigenvalue weighted by Gasteiger charge is -2.14. The summed E-state index contributed by atoms with van der Waals surface area (Å²) in [5.74, 6) is 2.36. The molecule has 0 heterocycles. The van der Waals surface area contributed by atoms with Crippen LogP contribution in [0.4, 0.5) is 5.69 Å². The molecule has 1 aromatic carbocycles. The number of nitrogens with one attached hydrogen (secondary N) is 2. The van der Waals surface area contributed by atoms with Gasteiger partial charge in [-0.25, -0.2) is 0 Å². The molecule has 31 heavy (non-hydrogen) atoms. The molecule has 172 valence electrons. The van der Waals surface area contributed by atoms with Crippen LogP contribution in [0.5, 0.6) is 0 Å². The number of amidine groups is 2. The van der Waals surface area contributed by atoms with Gasteiger partial charge in [-0.2, -0.15) is 0 Å². The van der Waals surface area contributed by atoms with Crippen molar-refractivity contribution in [1.82, 2.24) is 5.32 Å². The highest BCUT2D eigenvalue weighted by molar-refractivity contribution is 7.96. The molecular formula is C25H40N4OS. The Kier molecular flexibility index (Phi) is 17.1. The number of rotatable bonds is 8. The van der Waals surface area contributed by atoms with Crippen molar-refractivity contribution in [2.75, 3.05) is 25.4 Å². The first kappa shape index (κ1) is 28.7. The van der Waals surface area contributed by atoms with Gasteiger partial charge in [0.05, 0.1) is 12.8 Å². The zero-order valence-corrected chi connectivity index (χ0v) is 21.1. The van der Waals surface area contributed by atoms with Crippen LogP contribution >= 0.6 is 12.2 Å². The maximum Gasteiger partial charge on any atom is 0.135 e. The van der Waals surface area contributed by atoms with Gasteiger partial charge in [-0.1, -0.05) is 56.4 Å². The minimum absolute atomic E-state index is 0.725. The molecule has 5 nitrogen and oxygen atoms in total. The van der Waals surface area contributed by atoms with E-state index in [4.69, 9.17) is 4.18 Å². The maximum absolute atomic E-state index is 5.03. The minimum Gasteiger partial charge on any atom is -0.325 e. The van der Waals surface area contributed by atoms with Crippen LogP contribution in [-0.4, -0.2) is 32.4 Å². The van der Waals surface area contributed by atoms with Gasteiger partial charge in [-0.15, -0.1) is 0 Å². The SMILES string of the molecule is C=C/C=C\C.CC.CCN=C(/C=C(\C)C1CC1)NC(=NC)c1ccccc1NSOC. The lowest BCUT2D eigenvalue weighted by molar-refractivity contribution is 0.492. The normalized spacial score (nSPS) is 14.2. The third kappa shape index (κ3) is 12.2. The van der Waals surface area contributed by atoms with Gasteiger partial charge in [0.1, 0.15) is 23.9 Å². The van der Waals surface area contributed by atoms with Crippen molar-refractivity contribution in [3.05, 3.63) is 66.3 Å². The molecule has 0 aromatic heterocycles. The van der Waals surface area contributed by atoms with E-state index in [1.54, 1.807) is 20.2 Å². The van der Waals surface area contributed by atoms with E-state index in [-0.39, 0.29) is 0 Å². The summed E-state index contributed by atoms with van der Waals surface area (Å²) in [5.41, 5.74) is 3.30. The third-order valence-corrected chi connectivity index (χ3v) is 4.60. The van der Waals surface area contributed by atoms with Crippen LogP contribution in [0, 0.1) is 5.92 Å². The number of nitrogens with zero attached hydrogens (tertiary/aromatic N) is 2.